The van der Waals surface area contributed by atoms with Gasteiger partial charge in [0.05, 0.1) is 5.54 Å². The van der Waals surface area contributed by atoms with Crippen LogP contribution >= 0.6 is 0 Å². The van der Waals surface area contributed by atoms with Crippen molar-refractivity contribution in [3.63, 3.8) is 0 Å². The van der Waals surface area contributed by atoms with Crippen molar-refractivity contribution in [2.45, 2.75) is 25.8 Å². The molecule has 0 radical (unpaired) electrons. The number of carbonyl (C=O) groups is 1. The second kappa shape index (κ2) is 2.13. The number of hydrogen-bond donors (Lipinski definition) is 2. The Balaban J connectivity index is 3.91. The van der Waals surface area contributed by atoms with Crippen molar-refractivity contribution in [3.8, 4) is 0 Å². The van der Waals surface area contributed by atoms with Crippen LogP contribution in [0.3, 0.4) is 0 Å². The number of carbonyl (C=O) groups excluding carboxylic acids is 1. The first-order valence-corrected chi connectivity index (χ1v) is 2.59. The van der Waals surface area contributed by atoms with E-state index < -0.39 is 11.4 Å². The Bertz CT molecular complexity index is 98.6. The average molecular weight is 116 g/mol. The molecular weight excluding hydrogens is 104 g/mol. The number of amides is 1. The topological polar surface area (TPSA) is 69.1 Å². The zero-order valence-corrected chi connectivity index (χ0v) is 5.27. The minimum absolute atomic E-state index is 0.444. The van der Waals surface area contributed by atoms with Gasteiger partial charge in [0.2, 0.25) is 5.91 Å². The van der Waals surface area contributed by atoms with Crippen LogP contribution in [0.15, 0.2) is 0 Å². The molecule has 48 valence electrons. The van der Waals surface area contributed by atoms with Crippen LogP contribution in [0.4, 0.5) is 0 Å². The van der Waals surface area contributed by atoms with Gasteiger partial charge in [0.25, 0.3) is 0 Å². The van der Waals surface area contributed by atoms with Crippen LogP contribution in [0.2, 0.25) is 0 Å². The molecule has 0 fully saturated rings. The largest absolute Gasteiger partial charge is 0.368 e. The van der Waals surface area contributed by atoms with Gasteiger partial charge in [-0.05, 0) is 13.3 Å². The number of primary amides is 1. The zero-order chi connectivity index (χ0) is 6.78. The minimum atomic E-state index is -0.819. The van der Waals surface area contributed by atoms with Gasteiger partial charge in [-0.1, -0.05) is 6.92 Å². The number of nitrogens with two attached hydrogens (primary N) is 2. The first-order chi connectivity index (χ1) is 3.50. The molecule has 0 bridgehead atoms. The van der Waals surface area contributed by atoms with Gasteiger partial charge in [0.1, 0.15) is 0 Å². The lowest BCUT2D eigenvalue weighted by atomic mass is 10.0. The second-order valence-corrected chi connectivity index (χ2v) is 2.14. The Morgan fingerprint density at radius 3 is 2.12 bits per heavy atom. The molecule has 0 aliphatic rings. The monoisotopic (exact) mass is 116 g/mol. The van der Waals surface area contributed by atoms with Gasteiger partial charge in [-0.3, -0.25) is 4.79 Å². The van der Waals surface area contributed by atoms with Gasteiger partial charge in [-0.25, -0.2) is 0 Å². The van der Waals surface area contributed by atoms with Gasteiger partial charge < -0.3 is 11.5 Å². The molecule has 1 amide bonds. The molecule has 0 heterocycles. The summed E-state index contributed by atoms with van der Waals surface area (Å²) in [5.41, 5.74) is 9.48. The first-order valence-electron chi connectivity index (χ1n) is 2.59. The molecule has 0 aromatic rings. The summed E-state index contributed by atoms with van der Waals surface area (Å²) in [6.07, 6.45) is 0.586. The van der Waals surface area contributed by atoms with E-state index in [1.54, 1.807) is 6.92 Å². The third-order valence-electron chi connectivity index (χ3n) is 1.30. The summed E-state index contributed by atoms with van der Waals surface area (Å²) in [6, 6.07) is 0. The fraction of sp³-hybridized carbons (Fsp3) is 0.800. The molecule has 0 unspecified atom stereocenters. The van der Waals surface area contributed by atoms with E-state index in [0.29, 0.717) is 6.42 Å². The molecular formula is C5H12N2O. The fourth-order valence-electron chi connectivity index (χ4n) is 0.174. The first kappa shape index (κ1) is 7.43. The SMILES string of the molecule is CC[C@](C)(N)C(N)=O. The number of hydrogen-bond acceptors (Lipinski definition) is 2. The van der Waals surface area contributed by atoms with E-state index in [0.717, 1.165) is 0 Å². The molecule has 0 aromatic heterocycles. The molecule has 0 rings (SSSR count). The van der Waals surface area contributed by atoms with Crippen LogP contribution in [-0.2, 0) is 4.79 Å². The summed E-state index contributed by atoms with van der Waals surface area (Å²) in [6.45, 7) is 3.44. The highest BCUT2D eigenvalue weighted by Crippen LogP contribution is 2.01. The summed E-state index contributed by atoms with van der Waals surface area (Å²) in [5, 5.41) is 0. The predicted molar refractivity (Wildman–Crippen MR) is 32.1 cm³/mol. The van der Waals surface area contributed by atoms with Gasteiger partial charge >= 0.3 is 0 Å². The Labute approximate surface area is 49.0 Å². The zero-order valence-electron chi connectivity index (χ0n) is 5.27. The molecule has 3 heteroatoms. The summed E-state index contributed by atoms with van der Waals surface area (Å²) >= 11 is 0. The lowest BCUT2D eigenvalue weighted by molar-refractivity contribution is -0.122. The minimum Gasteiger partial charge on any atom is -0.368 e. The highest BCUT2D eigenvalue weighted by molar-refractivity contribution is 5.83. The van der Waals surface area contributed by atoms with Crippen molar-refractivity contribution >= 4 is 5.91 Å². The molecule has 0 aromatic carbocycles. The lowest BCUT2D eigenvalue weighted by Gasteiger charge is -2.16. The maximum atomic E-state index is 10.3. The fourth-order valence-corrected chi connectivity index (χ4v) is 0.174. The quantitative estimate of drug-likeness (QED) is 0.515. The molecule has 1 atom stereocenters. The van der Waals surface area contributed by atoms with Crippen molar-refractivity contribution < 1.29 is 4.79 Å². The Hall–Kier alpha value is -0.570. The van der Waals surface area contributed by atoms with E-state index >= 15 is 0 Å². The lowest BCUT2D eigenvalue weighted by Crippen LogP contribution is -2.48. The van der Waals surface area contributed by atoms with Crippen molar-refractivity contribution in [2.75, 3.05) is 0 Å². The Kier molecular flexibility index (Phi) is 1.98. The van der Waals surface area contributed by atoms with E-state index in [1.807, 2.05) is 6.92 Å². The molecule has 0 aliphatic heterocycles. The van der Waals surface area contributed by atoms with Crippen LogP contribution in [0.1, 0.15) is 20.3 Å². The standard InChI is InChI=1S/C5H12N2O/c1-3-5(2,7)4(6)8/h3,7H2,1-2H3,(H2,6,8)/t5-/m0/s1. The van der Waals surface area contributed by atoms with Crippen LogP contribution in [0.5, 0.6) is 0 Å². The number of rotatable bonds is 2. The highest BCUT2D eigenvalue weighted by Gasteiger charge is 2.21. The average Bonchev–Trinajstić information content (AvgIpc) is 1.67. The second-order valence-electron chi connectivity index (χ2n) is 2.14. The summed E-state index contributed by atoms with van der Waals surface area (Å²) in [5.74, 6) is -0.444. The van der Waals surface area contributed by atoms with E-state index in [-0.39, 0.29) is 0 Å². The molecule has 4 N–H and O–H groups in total. The highest BCUT2D eigenvalue weighted by atomic mass is 16.1. The van der Waals surface area contributed by atoms with Crippen molar-refractivity contribution in [1.82, 2.24) is 0 Å². The molecule has 0 saturated carbocycles. The van der Waals surface area contributed by atoms with Crippen molar-refractivity contribution in [3.05, 3.63) is 0 Å². The summed E-state index contributed by atoms with van der Waals surface area (Å²) < 4.78 is 0. The van der Waals surface area contributed by atoms with Crippen molar-refractivity contribution in [1.29, 1.82) is 0 Å². The van der Waals surface area contributed by atoms with E-state index in [1.165, 1.54) is 0 Å². The smallest absolute Gasteiger partial charge is 0.237 e. The van der Waals surface area contributed by atoms with Crippen molar-refractivity contribution in [2.24, 2.45) is 11.5 Å². The molecule has 0 spiro atoms. The molecule has 8 heavy (non-hydrogen) atoms. The molecule has 3 nitrogen and oxygen atoms in total. The molecule has 0 aliphatic carbocycles. The maximum Gasteiger partial charge on any atom is 0.237 e. The Morgan fingerprint density at radius 1 is 1.75 bits per heavy atom. The van der Waals surface area contributed by atoms with Gasteiger partial charge in [0, 0.05) is 0 Å². The Morgan fingerprint density at radius 2 is 2.12 bits per heavy atom. The maximum absolute atomic E-state index is 10.3. The van der Waals surface area contributed by atoms with Crippen LogP contribution < -0.4 is 11.5 Å². The van der Waals surface area contributed by atoms with E-state index in [9.17, 15) is 4.79 Å². The summed E-state index contributed by atoms with van der Waals surface area (Å²) in [4.78, 5) is 10.3. The van der Waals surface area contributed by atoms with Gasteiger partial charge in [-0.15, -0.1) is 0 Å². The van der Waals surface area contributed by atoms with E-state index in [4.69, 9.17) is 11.5 Å². The third-order valence-corrected chi connectivity index (χ3v) is 1.30. The molecule has 0 saturated heterocycles. The summed E-state index contributed by atoms with van der Waals surface area (Å²) in [7, 11) is 0. The predicted octanol–water partition coefficient (Wildman–Crippen LogP) is -0.401. The van der Waals surface area contributed by atoms with Crippen LogP contribution in [0, 0.1) is 0 Å². The van der Waals surface area contributed by atoms with Crippen LogP contribution in [-0.4, -0.2) is 11.4 Å². The van der Waals surface area contributed by atoms with Crippen LogP contribution in [0.25, 0.3) is 0 Å². The third kappa shape index (κ3) is 1.50. The van der Waals surface area contributed by atoms with Gasteiger partial charge in [0.15, 0.2) is 0 Å². The normalized spacial score (nSPS) is 17.4. The van der Waals surface area contributed by atoms with Gasteiger partial charge in [-0.2, -0.15) is 0 Å². The van der Waals surface area contributed by atoms with E-state index in [2.05, 4.69) is 0 Å².